The minimum Gasteiger partial charge on any atom is -0.478 e. The summed E-state index contributed by atoms with van der Waals surface area (Å²) >= 11 is 10.7. The predicted octanol–water partition coefficient (Wildman–Crippen LogP) is 1.47. The average Bonchev–Trinajstić information content (AvgIpc) is 1.83. The van der Waals surface area contributed by atoms with Gasteiger partial charge in [0.25, 0.3) is 0 Å². The zero-order valence-corrected chi connectivity index (χ0v) is 6.06. The van der Waals surface area contributed by atoms with Crippen LogP contribution in [0.2, 0.25) is 0 Å². The lowest BCUT2D eigenvalue weighted by Crippen LogP contribution is -1.96. The number of hydrogen-bond donors (Lipinski definition) is 1. The monoisotopic (exact) mass is 168 g/mol. The molecule has 0 aromatic heterocycles. The number of alkyl halides is 2. The van der Waals surface area contributed by atoms with E-state index < -0.39 is 5.97 Å². The van der Waals surface area contributed by atoms with E-state index in [4.69, 9.17) is 28.3 Å². The van der Waals surface area contributed by atoms with Gasteiger partial charge < -0.3 is 5.11 Å². The van der Waals surface area contributed by atoms with Gasteiger partial charge in [-0.1, -0.05) is 6.08 Å². The first kappa shape index (κ1) is 8.79. The van der Waals surface area contributed by atoms with Gasteiger partial charge in [-0.25, -0.2) is 4.79 Å². The van der Waals surface area contributed by atoms with Gasteiger partial charge in [-0.15, -0.1) is 23.2 Å². The van der Waals surface area contributed by atoms with Crippen molar-refractivity contribution < 1.29 is 9.90 Å². The molecule has 1 atom stereocenters. The van der Waals surface area contributed by atoms with Gasteiger partial charge in [0.15, 0.2) is 0 Å². The smallest absolute Gasteiger partial charge is 0.328 e. The van der Waals surface area contributed by atoms with Crippen LogP contribution < -0.4 is 0 Å². The second-order valence-corrected chi connectivity index (χ2v) is 2.24. The minimum atomic E-state index is -1.01. The van der Waals surface area contributed by atoms with Crippen LogP contribution in [-0.2, 0) is 4.79 Å². The molecule has 9 heavy (non-hydrogen) atoms. The Balaban J connectivity index is 3.56. The molecule has 0 spiro atoms. The number of carbonyl (C=O) groups is 1. The number of aliphatic carboxylic acids is 1. The van der Waals surface area contributed by atoms with E-state index in [1.54, 1.807) is 0 Å². The van der Waals surface area contributed by atoms with E-state index in [2.05, 4.69) is 0 Å². The number of hydrogen-bond acceptors (Lipinski definition) is 1. The first-order valence-electron chi connectivity index (χ1n) is 2.28. The van der Waals surface area contributed by atoms with Crippen LogP contribution in [0.25, 0.3) is 0 Å². The lowest BCUT2D eigenvalue weighted by molar-refractivity contribution is -0.131. The molecule has 2 nitrogen and oxygen atoms in total. The fourth-order valence-electron chi connectivity index (χ4n) is 0.238. The summed E-state index contributed by atoms with van der Waals surface area (Å²) in [6.07, 6.45) is 2.30. The van der Waals surface area contributed by atoms with Crippen LogP contribution in [0.3, 0.4) is 0 Å². The van der Waals surface area contributed by atoms with Crippen LogP contribution in [0, 0.1) is 0 Å². The highest BCUT2D eigenvalue weighted by Gasteiger charge is 1.95. The zero-order valence-electron chi connectivity index (χ0n) is 4.55. The Kier molecular flexibility index (Phi) is 4.54. The van der Waals surface area contributed by atoms with Crippen molar-refractivity contribution in [2.45, 2.75) is 5.38 Å². The van der Waals surface area contributed by atoms with Crippen LogP contribution in [0.1, 0.15) is 0 Å². The standard InChI is InChI=1S/C5H6Cl2O2/c6-3-4(7)1-2-5(8)9/h1-2,4H,3H2,(H,8,9)/b2-1+. The molecule has 0 aliphatic heterocycles. The van der Waals surface area contributed by atoms with Gasteiger partial charge in [0.2, 0.25) is 0 Å². The quantitative estimate of drug-likeness (QED) is 0.513. The molecule has 1 unspecified atom stereocenters. The van der Waals surface area contributed by atoms with Gasteiger partial charge in [-0.3, -0.25) is 0 Å². The number of carboxylic acid groups (broad SMARTS) is 1. The van der Waals surface area contributed by atoms with Crippen molar-refractivity contribution in [3.63, 3.8) is 0 Å². The molecule has 0 aromatic carbocycles. The van der Waals surface area contributed by atoms with Crippen LogP contribution in [0.5, 0.6) is 0 Å². The maximum absolute atomic E-state index is 9.83. The molecule has 0 radical (unpaired) electrons. The Bertz CT molecular complexity index is 122. The Morgan fingerprint density at radius 3 is 2.67 bits per heavy atom. The fraction of sp³-hybridized carbons (Fsp3) is 0.400. The summed E-state index contributed by atoms with van der Waals surface area (Å²) in [7, 11) is 0. The minimum absolute atomic E-state index is 0.228. The van der Waals surface area contributed by atoms with Gasteiger partial charge in [0.1, 0.15) is 0 Å². The van der Waals surface area contributed by atoms with Crippen LogP contribution in [0.15, 0.2) is 12.2 Å². The van der Waals surface area contributed by atoms with E-state index in [0.29, 0.717) is 0 Å². The maximum Gasteiger partial charge on any atom is 0.328 e. The van der Waals surface area contributed by atoms with Crippen LogP contribution >= 0.6 is 23.2 Å². The predicted molar refractivity (Wildman–Crippen MR) is 37.1 cm³/mol. The second-order valence-electron chi connectivity index (χ2n) is 1.37. The summed E-state index contributed by atoms with van der Waals surface area (Å²) in [5.41, 5.74) is 0. The summed E-state index contributed by atoms with van der Waals surface area (Å²) in [5.74, 6) is -0.781. The third-order valence-corrected chi connectivity index (χ3v) is 1.39. The van der Waals surface area contributed by atoms with Gasteiger partial charge in [-0.05, 0) is 0 Å². The van der Waals surface area contributed by atoms with E-state index >= 15 is 0 Å². The SMILES string of the molecule is O=C(O)/C=C/C(Cl)CCl. The molecule has 0 saturated carbocycles. The van der Waals surface area contributed by atoms with Gasteiger partial charge in [0.05, 0.1) is 5.38 Å². The van der Waals surface area contributed by atoms with Gasteiger partial charge >= 0.3 is 5.97 Å². The molecule has 0 amide bonds. The molecule has 0 saturated heterocycles. The van der Waals surface area contributed by atoms with E-state index in [1.807, 2.05) is 0 Å². The lowest BCUT2D eigenvalue weighted by Gasteiger charge is -1.91. The molecule has 4 heteroatoms. The highest BCUT2D eigenvalue weighted by Crippen LogP contribution is 1.99. The van der Waals surface area contributed by atoms with E-state index in [1.165, 1.54) is 6.08 Å². The summed E-state index contributed by atoms with van der Waals surface area (Å²) in [5, 5.41) is 7.68. The molecular weight excluding hydrogens is 163 g/mol. The molecule has 0 rings (SSSR count). The molecule has 0 heterocycles. The number of rotatable bonds is 3. The highest BCUT2D eigenvalue weighted by molar-refractivity contribution is 6.29. The summed E-state index contributed by atoms with van der Waals surface area (Å²) in [6.45, 7) is 0. The summed E-state index contributed by atoms with van der Waals surface area (Å²) < 4.78 is 0. The van der Waals surface area contributed by atoms with E-state index in [0.717, 1.165) is 6.08 Å². The van der Waals surface area contributed by atoms with Crippen molar-refractivity contribution in [1.29, 1.82) is 0 Å². The number of carboxylic acids is 1. The molecule has 0 aliphatic rings. The molecule has 0 fully saturated rings. The van der Waals surface area contributed by atoms with E-state index in [9.17, 15) is 4.79 Å². The average molecular weight is 169 g/mol. The van der Waals surface area contributed by atoms with Crippen molar-refractivity contribution in [1.82, 2.24) is 0 Å². The van der Waals surface area contributed by atoms with Crippen LogP contribution in [-0.4, -0.2) is 22.3 Å². The Labute approximate surface area is 63.1 Å². The number of halogens is 2. The summed E-state index contributed by atoms with van der Waals surface area (Å²) in [4.78, 5) is 9.83. The molecule has 52 valence electrons. The van der Waals surface area contributed by atoms with Crippen molar-refractivity contribution in [2.75, 3.05) is 5.88 Å². The highest BCUT2D eigenvalue weighted by atomic mass is 35.5. The Hall–Kier alpha value is -0.210. The molecular formula is C5H6Cl2O2. The van der Waals surface area contributed by atoms with Crippen molar-refractivity contribution in [3.8, 4) is 0 Å². The van der Waals surface area contributed by atoms with Crippen molar-refractivity contribution >= 4 is 29.2 Å². The topological polar surface area (TPSA) is 37.3 Å². The van der Waals surface area contributed by atoms with Crippen molar-refractivity contribution in [3.05, 3.63) is 12.2 Å². The Morgan fingerprint density at radius 1 is 1.78 bits per heavy atom. The first-order chi connectivity index (χ1) is 4.16. The first-order valence-corrected chi connectivity index (χ1v) is 3.25. The number of allylic oxidation sites excluding steroid dienone is 1. The van der Waals surface area contributed by atoms with Gasteiger partial charge in [0, 0.05) is 12.0 Å². The molecule has 0 bridgehead atoms. The normalized spacial score (nSPS) is 14.0. The molecule has 0 aromatic rings. The van der Waals surface area contributed by atoms with Crippen molar-refractivity contribution in [2.24, 2.45) is 0 Å². The fourth-order valence-corrected chi connectivity index (χ4v) is 0.414. The third kappa shape index (κ3) is 5.66. The molecule has 1 N–H and O–H groups in total. The lowest BCUT2D eigenvalue weighted by atomic mass is 10.4. The third-order valence-electron chi connectivity index (χ3n) is 0.595. The second kappa shape index (κ2) is 4.65. The van der Waals surface area contributed by atoms with Crippen LogP contribution in [0.4, 0.5) is 0 Å². The largest absolute Gasteiger partial charge is 0.478 e. The zero-order chi connectivity index (χ0) is 7.28. The van der Waals surface area contributed by atoms with E-state index in [-0.39, 0.29) is 11.3 Å². The Morgan fingerprint density at radius 2 is 2.33 bits per heavy atom. The van der Waals surface area contributed by atoms with Gasteiger partial charge in [-0.2, -0.15) is 0 Å². The maximum atomic E-state index is 9.83. The molecule has 0 aliphatic carbocycles. The summed E-state index contributed by atoms with van der Waals surface area (Å²) in [6, 6.07) is 0.